The number of rotatable bonds is 6. The first-order valence-corrected chi connectivity index (χ1v) is 8.30. The first kappa shape index (κ1) is 16.2. The number of hydrogen-bond donors (Lipinski definition) is 1. The Kier molecular flexibility index (Phi) is 4.93. The summed E-state index contributed by atoms with van der Waals surface area (Å²) in [5.74, 6) is -0.332. The summed E-state index contributed by atoms with van der Waals surface area (Å²) < 4.78 is 1.91. The normalized spacial score (nSPS) is 17.3. The number of imidazole rings is 1. The summed E-state index contributed by atoms with van der Waals surface area (Å²) in [5.41, 5.74) is 2.07. The third kappa shape index (κ3) is 3.64. The average Bonchev–Trinajstić information content (AvgIpc) is 3.24. The highest BCUT2D eigenvalue weighted by Gasteiger charge is 2.34. The number of carbonyl (C=O) groups is 2. The second-order valence-electron chi connectivity index (χ2n) is 6.02. The molecule has 1 aliphatic heterocycles. The van der Waals surface area contributed by atoms with E-state index in [-0.39, 0.29) is 24.2 Å². The third-order valence-electron chi connectivity index (χ3n) is 4.35. The number of benzene rings is 1. The van der Waals surface area contributed by atoms with E-state index in [4.69, 9.17) is 0 Å². The topological polar surface area (TPSA) is 67.2 Å². The lowest BCUT2D eigenvalue weighted by Gasteiger charge is -2.17. The molecule has 126 valence electrons. The molecule has 3 rings (SSSR count). The van der Waals surface area contributed by atoms with E-state index in [2.05, 4.69) is 17.2 Å². The minimum atomic E-state index is -0.287. The maximum Gasteiger partial charge on any atom is 0.227 e. The van der Waals surface area contributed by atoms with Crippen molar-refractivity contribution in [2.75, 3.05) is 18.0 Å². The fraction of sp³-hybridized carbons (Fsp3) is 0.389. The fourth-order valence-electron chi connectivity index (χ4n) is 2.95. The molecule has 1 N–H and O–H groups in total. The van der Waals surface area contributed by atoms with Crippen molar-refractivity contribution >= 4 is 17.5 Å². The Balaban J connectivity index is 1.56. The van der Waals surface area contributed by atoms with E-state index in [0.717, 1.165) is 12.1 Å². The van der Waals surface area contributed by atoms with Gasteiger partial charge >= 0.3 is 0 Å². The lowest BCUT2D eigenvalue weighted by molar-refractivity contribution is -0.126. The monoisotopic (exact) mass is 326 g/mol. The second kappa shape index (κ2) is 7.29. The first-order chi connectivity index (χ1) is 11.7. The molecule has 1 fully saturated rings. The molecule has 0 radical (unpaired) electrons. The molecule has 24 heavy (non-hydrogen) atoms. The van der Waals surface area contributed by atoms with Crippen LogP contribution >= 0.6 is 0 Å². The molecule has 0 saturated carbocycles. The number of carbonyl (C=O) groups excluding carboxylic acids is 2. The Morgan fingerprint density at radius 3 is 3.04 bits per heavy atom. The fourth-order valence-corrected chi connectivity index (χ4v) is 2.95. The Bertz CT molecular complexity index is 712. The molecule has 2 heterocycles. The zero-order valence-corrected chi connectivity index (χ0v) is 13.8. The zero-order chi connectivity index (χ0) is 16.9. The largest absolute Gasteiger partial charge is 0.354 e. The van der Waals surface area contributed by atoms with Crippen LogP contribution in [-0.4, -0.2) is 34.5 Å². The standard InChI is InChI=1S/C18H22N4O2/c1-2-14-4-3-5-16(10-14)22-12-15(11-17(22)23)18(24)20-7-9-21-8-6-19-13-21/h3-6,8,10,13,15H,2,7,9,11-12H2,1H3,(H,20,24). The summed E-state index contributed by atoms with van der Waals surface area (Å²) in [6, 6.07) is 7.96. The summed E-state index contributed by atoms with van der Waals surface area (Å²) in [5, 5.41) is 2.91. The van der Waals surface area contributed by atoms with Gasteiger partial charge in [-0.1, -0.05) is 19.1 Å². The zero-order valence-electron chi connectivity index (χ0n) is 13.8. The number of aromatic nitrogens is 2. The maximum absolute atomic E-state index is 12.3. The molecule has 1 atom stereocenters. The van der Waals surface area contributed by atoms with Crippen molar-refractivity contribution in [2.45, 2.75) is 26.3 Å². The lowest BCUT2D eigenvalue weighted by atomic mass is 10.1. The van der Waals surface area contributed by atoms with E-state index < -0.39 is 0 Å². The van der Waals surface area contributed by atoms with Crippen LogP contribution in [0.2, 0.25) is 0 Å². The van der Waals surface area contributed by atoms with Crippen LogP contribution in [-0.2, 0) is 22.6 Å². The number of amides is 2. The van der Waals surface area contributed by atoms with Crippen molar-refractivity contribution in [1.82, 2.24) is 14.9 Å². The molecular weight excluding hydrogens is 304 g/mol. The molecule has 0 spiro atoms. The van der Waals surface area contributed by atoms with E-state index >= 15 is 0 Å². The van der Waals surface area contributed by atoms with Crippen LogP contribution in [0, 0.1) is 5.92 Å². The van der Waals surface area contributed by atoms with Gasteiger partial charge in [-0.25, -0.2) is 4.98 Å². The number of nitrogens with one attached hydrogen (secondary N) is 1. The predicted octanol–water partition coefficient (Wildman–Crippen LogP) is 1.61. The minimum Gasteiger partial charge on any atom is -0.354 e. The molecule has 1 aromatic carbocycles. The highest BCUT2D eigenvalue weighted by molar-refractivity contribution is 6.00. The number of nitrogens with zero attached hydrogens (tertiary/aromatic N) is 3. The highest BCUT2D eigenvalue weighted by atomic mass is 16.2. The molecule has 6 heteroatoms. The summed E-state index contributed by atoms with van der Waals surface area (Å²) >= 11 is 0. The number of aryl methyl sites for hydroxylation is 1. The van der Waals surface area contributed by atoms with Crippen molar-refractivity contribution in [1.29, 1.82) is 0 Å². The Hall–Kier alpha value is -2.63. The molecule has 2 amide bonds. The van der Waals surface area contributed by atoms with Gasteiger partial charge in [0.2, 0.25) is 11.8 Å². The van der Waals surface area contributed by atoms with Crippen LogP contribution in [0.4, 0.5) is 5.69 Å². The summed E-state index contributed by atoms with van der Waals surface area (Å²) in [4.78, 5) is 30.3. The van der Waals surface area contributed by atoms with E-state index in [0.29, 0.717) is 19.6 Å². The van der Waals surface area contributed by atoms with E-state index in [9.17, 15) is 9.59 Å². The summed E-state index contributed by atoms with van der Waals surface area (Å²) in [6.07, 6.45) is 6.47. The van der Waals surface area contributed by atoms with Gasteiger partial charge in [-0.3, -0.25) is 9.59 Å². The molecule has 2 aromatic rings. The van der Waals surface area contributed by atoms with Crippen LogP contribution in [0.15, 0.2) is 43.0 Å². The quantitative estimate of drug-likeness (QED) is 0.877. The van der Waals surface area contributed by atoms with Gasteiger partial charge in [-0.05, 0) is 24.1 Å². The van der Waals surface area contributed by atoms with Crippen LogP contribution in [0.5, 0.6) is 0 Å². The summed E-state index contributed by atoms with van der Waals surface area (Å²) in [6.45, 7) is 3.74. The first-order valence-electron chi connectivity index (χ1n) is 8.30. The van der Waals surface area contributed by atoms with Crippen molar-refractivity contribution in [2.24, 2.45) is 5.92 Å². The Morgan fingerprint density at radius 1 is 1.42 bits per heavy atom. The molecule has 0 bridgehead atoms. The van der Waals surface area contributed by atoms with Crippen molar-refractivity contribution in [3.8, 4) is 0 Å². The smallest absolute Gasteiger partial charge is 0.227 e. The van der Waals surface area contributed by atoms with Crippen molar-refractivity contribution in [3.63, 3.8) is 0 Å². The maximum atomic E-state index is 12.3. The molecule has 0 aliphatic carbocycles. The molecule has 6 nitrogen and oxygen atoms in total. The van der Waals surface area contributed by atoms with Gasteiger partial charge in [-0.15, -0.1) is 0 Å². The van der Waals surface area contributed by atoms with Gasteiger partial charge in [0.15, 0.2) is 0 Å². The number of anilines is 1. The van der Waals surface area contributed by atoms with E-state index in [1.165, 1.54) is 5.56 Å². The van der Waals surface area contributed by atoms with E-state index in [1.807, 2.05) is 35.0 Å². The average molecular weight is 326 g/mol. The molecular formula is C18H22N4O2. The van der Waals surface area contributed by atoms with Gasteiger partial charge < -0.3 is 14.8 Å². The van der Waals surface area contributed by atoms with Crippen LogP contribution in [0.3, 0.4) is 0 Å². The van der Waals surface area contributed by atoms with Crippen LogP contribution < -0.4 is 10.2 Å². The van der Waals surface area contributed by atoms with Crippen LogP contribution in [0.1, 0.15) is 18.9 Å². The van der Waals surface area contributed by atoms with Gasteiger partial charge in [0.25, 0.3) is 0 Å². The van der Waals surface area contributed by atoms with Gasteiger partial charge in [0.1, 0.15) is 0 Å². The van der Waals surface area contributed by atoms with E-state index in [1.54, 1.807) is 17.4 Å². The van der Waals surface area contributed by atoms with Gasteiger partial charge in [0.05, 0.1) is 12.2 Å². The predicted molar refractivity (Wildman–Crippen MR) is 91.5 cm³/mol. The van der Waals surface area contributed by atoms with Crippen molar-refractivity contribution < 1.29 is 9.59 Å². The lowest BCUT2D eigenvalue weighted by Crippen LogP contribution is -2.34. The number of hydrogen-bond acceptors (Lipinski definition) is 3. The SMILES string of the molecule is CCc1cccc(N2CC(C(=O)NCCn3ccnc3)CC2=O)c1. The molecule has 1 aromatic heterocycles. The Labute approximate surface area is 141 Å². The highest BCUT2D eigenvalue weighted by Crippen LogP contribution is 2.26. The van der Waals surface area contributed by atoms with Gasteiger partial charge in [-0.2, -0.15) is 0 Å². The molecule has 1 saturated heterocycles. The van der Waals surface area contributed by atoms with Crippen molar-refractivity contribution in [3.05, 3.63) is 48.5 Å². The van der Waals surface area contributed by atoms with Crippen LogP contribution in [0.25, 0.3) is 0 Å². The van der Waals surface area contributed by atoms with Gasteiger partial charge in [0, 0.05) is 44.1 Å². The minimum absolute atomic E-state index is 0.0120. The molecule has 1 unspecified atom stereocenters. The molecule has 1 aliphatic rings. The summed E-state index contributed by atoms with van der Waals surface area (Å²) in [7, 11) is 0. The second-order valence-corrected chi connectivity index (χ2v) is 6.02. The third-order valence-corrected chi connectivity index (χ3v) is 4.35. The Morgan fingerprint density at radius 2 is 2.29 bits per heavy atom.